The van der Waals surface area contributed by atoms with Crippen LogP contribution in [0.2, 0.25) is 0 Å². The third-order valence-electron chi connectivity index (χ3n) is 7.48. The van der Waals surface area contributed by atoms with E-state index < -0.39 is 28.5 Å². The van der Waals surface area contributed by atoms with Crippen molar-refractivity contribution >= 4 is 39.3 Å². The fraction of sp³-hybridized carbons (Fsp3) is 0.257. The van der Waals surface area contributed by atoms with Gasteiger partial charge < -0.3 is 15.0 Å². The molecule has 0 heterocycles. The number of thioether (sulfide) groups is 1. The molecular formula is C35H39N3O5S2. The van der Waals surface area contributed by atoms with E-state index in [-0.39, 0.29) is 23.8 Å². The van der Waals surface area contributed by atoms with Gasteiger partial charge in [0, 0.05) is 24.9 Å². The number of carbonyl (C=O) groups is 2. The zero-order chi connectivity index (χ0) is 32.4. The second-order valence-electron chi connectivity index (χ2n) is 10.4. The minimum Gasteiger partial charge on any atom is -0.494 e. The molecule has 1 unspecified atom stereocenters. The first kappa shape index (κ1) is 33.6. The van der Waals surface area contributed by atoms with Crippen LogP contribution in [0.1, 0.15) is 23.6 Å². The Bertz CT molecular complexity index is 1680. The Balaban J connectivity index is 1.79. The topological polar surface area (TPSA) is 96.0 Å². The third-order valence-corrected chi connectivity index (χ3v) is 10.0. The lowest BCUT2D eigenvalue weighted by molar-refractivity contribution is -0.139. The molecule has 0 aliphatic heterocycles. The molecule has 45 heavy (non-hydrogen) atoms. The molecule has 4 aromatic rings. The van der Waals surface area contributed by atoms with E-state index in [1.807, 2.05) is 74.7 Å². The molecule has 0 aromatic heterocycles. The van der Waals surface area contributed by atoms with Crippen LogP contribution in [0.15, 0.2) is 113 Å². The number of nitrogens with one attached hydrogen (secondary N) is 1. The second kappa shape index (κ2) is 15.6. The van der Waals surface area contributed by atoms with Crippen LogP contribution in [0, 0.1) is 6.92 Å². The Morgan fingerprint density at radius 1 is 0.889 bits per heavy atom. The molecule has 1 N–H and O–H groups in total. The van der Waals surface area contributed by atoms with Gasteiger partial charge in [-0.3, -0.25) is 13.9 Å². The van der Waals surface area contributed by atoms with E-state index in [2.05, 4.69) is 5.32 Å². The van der Waals surface area contributed by atoms with Crippen LogP contribution in [-0.4, -0.2) is 57.6 Å². The number of benzene rings is 4. The summed E-state index contributed by atoms with van der Waals surface area (Å²) >= 11 is 1.50. The molecule has 236 valence electrons. The van der Waals surface area contributed by atoms with Crippen LogP contribution in [0.3, 0.4) is 0 Å². The second-order valence-corrected chi connectivity index (χ2v) is 13.1. The molecule has 1 atom stereocenters. The van der Waals surface area contributed by atoms with Gasteiger partial charge in [0.2, 0.25) is 11.8 Å². The zero-order valence-electron chi connectivity index (χ0n) is 26.0. The quantitative estimate of drug-likeness (QED) is 0.177. The number of hydrogen-bond acceptors (Lipinski definition) is 6. The maximum atomic E-state index is 14.5. The van der Waals surface area contributed by atoms with Crippen LogP contribution < -0.4 is 14.4 Å². The lowest BCUT2D eigenvalue weighted by atomic mass is 10.0. The lowest BCUT2D eigenvalue weighted by Crippen LogP contribution is -2.53. The van der Waals surface area contributed by atoms with Crippen molar-refractivity contribution in [3.05, 3.63) is 120 Å². The molecule has 0 radical (unpaired) electrons. The van der Waals surface area contributed by atoms with Gasteiger partial charge in [0.05, 0.1) is 17.2 Å². The monoisotopic (exact) mass is 645 g/mol. The summed E-state index contributed by atoms with van der Waals surface area (Å²) in [7, 11) is -2.66. The summed E-state index contributed by atoms with van der Waals surface area (Å²) in [6.07, 6.45) is 2.17. The van der Waals surface area contributed by atoms with Gasteiger partial charge in [0.25, 0.3) is 10.0 Å². The van der Waals surface area contributed by atoms with Crippen molar-refractivity contribution in [3.8, 4) is 5.75 Å². The van der Waals surface area contributed by atoms with Crippen molar-refractivity contribution in [2.75, 3.05) is 30.8 Å². The lowest BCUT2D eigenvalue weighted by Gasteiger charge is -2.34. The Kier molecular flexibility index (Phi) is 11.7. The first-order valence-corrected chi connectivity index (χ1v) is 17.3. The molecule has 0 aliphatic rings. The molecule has 4 rings (SSSR count). The highest BCUT2D eigenvalue weighted by Crippen LogP contribution is 2.28. The van der Waals surface area contributed by atoms with Gasteiger partial charge in [0.1, 0.15) is 18.3 Å². The Morgan fingerprint density at radius 3 is 2.13 bits per heavy atom. The molecule has 8 nitrogen and oxygen atoms in total. The number of hydrogen-bond donors (Lipinski definition) is 1. The number of amides is 2. The molecular weight excluding hydrogens is 607 g/mol. The summed E-state index contributed by atoms with van der Waals surface area (Å²) in [4.78, 5) is 30.3. The van der Waals surface area contributed by atoms with Crippen molar-refractivity contribution < 1.29 is 22.7 Å². The summed E-state index contributed by atoms with van der Waals surface area (Å²) < 4.78 is 35.1. The highest BCUT2D eigenvalue weighted by molar-refractivity contribution is 7.98. The highest BCUT2D eigenvalue weighted by atomic mass is 32.2. The zero-order valence-corrected chi connectivity index (χ0v) is 27.6. The molecule has 4 aromatic carbocycles. The highest BCUT2D eigenvalue weighted by Gasteiger charge is 2.34. The smallest absolute Gasteiger partial charge is 0.264 e. The maximum absolute atomic E-state index is 14.5. The van der Waals surface area contributed by atoms with E-state index >= 15 is 0 Å². The SMILES string of the molecule is CCOc1ccc(N(CC(=O)N(Cc2ccccc2C)C(Cc2ccccc2)C(=O)NC)S(=O)(=O)c2ccc(SC)cc2)cc1. The van der Waals surface area contributed by atoms with Gasteiger partial charge in [-0.25, -0.2) is 8.42 Å². The van der Waals surface area contributed by atoms with Crippen molar-refractivity contribution in [2.45, 2.75) is 42.6 Å². The van der Waals surface area contributed by atoms with Crippen molar-refractivity contribution in [3.63, 3.8) is 0 Å². The number of likely N-dealkylation sites (N-methyl/N-ethyl adjacent to an activating group) is 1. The number of anilines is 1. The van der Waals surface area contributed by atoms with Gasteiger partial charge in [-0.1, -0.05) is 54.6 Å². The van der Waals surface area contributed by atoms with Crippen molar-refractivity contribution in [1.29, 1.82) is 0 Å². The van der Waals surface area contributed by atoms with Crippen LogP contribution >= 0.6 is 11.8 Å². The molecule has 0 aliphatic carbocycles. The molecule has 2 amide bonds. The van der Waals surface area contributed by atoms with E-state index in [1.54, 1.807) is 48.5 Å². The minimum absolute atomic E-state index is 0.0552. The summed E-state index contributed by atoms with van der Waals surface area (Å²) in [5.41, 5.74) is 2.99. The van der Waals surface area contributed by atoms with Crippen LogP contribution in [0.4, 0.5) is 5.69 Å². The normalized spacial score (nSPS) is 11.8. The molecule has 10 heteroatoms. The summed E-state index contributed by atoms with van der Waals surface area (Å²) in [5.74, 6) is -0.275. The first-order valence-electron chi connectivity index (χ1n) is 14.7. The van der Waals surface area contributed by atoms with Crippen LogP contribution in [0.25, 0.3) is 0 Å². The third kappa shape index (κ3) is 8.46. The van der Waals surface area contributed by atoms with E-state index in [1.165, 1.54) is 23.7 Å². The van der Waals surface area contributed by atoms with E-state index in [4.69, 9.17) is 4.74 Å². The number of sulfonamides is 1. The number of carbonyl (C=O) groups excluding carboxylic acids is 2. The maximum Gasteiger partial charge on any atom is 0.264 e. The predicted octanol–water partition coefficient (Wildman–Crippen LogP) is 5.70. The van der Waals surface area contributed by atoms with E-state index in [9.17, 15) is 18.0 Å². The average molecular weight is 646 g/mol. The van der Waals surface area contributed by atoms with Crippen LogP contribution in [-0.2, 0) is 32.6 Å². The fourth-order valence-electron chi connectivity index (χ4n) is 4.97. The summed E-state index contributed by atoms with van der Waals surface area (Å²) in [6.45, 7) is 3.87. The first-order chi connectivity index (χ1) is 21.7. The predicted molar refractivity (Wildman–Crippen MR) is 180 cm³/mol. The fourth-order valence-corrected chi connectivity index (χ4v) is 6.79. The molecule has 0 bridgehead atoms. The Hall–Kier alpha value is -4.28. The van der Waals surface area contributed by atoms with Crippen molar-refractivity contribution in [2.24, 2.45) is 0 Å². The molecule has 0 saturated carbocycles. The standard InChI is InChI=1S/C35H39N3O5S2/c1-5-43-30-17-15-29(16-18-30)38(45(41,42)32-21-19-31(44-4)20-22-32)25-34(39)37(24-28-14-10-9-11-26(28)2)33(35(40)36-3)23-27-12-7-6-8-13-27/h6-22,33H,5,23-25H2,1-4H3,(H,36,40). The number of nitrogens with zero attached hydrogens (tertiary/aromatic N) is 2. The summed E-state index contributed by atoms with van der Waals surface area (Å²) in [6, 6.07) is 29.4. The van der Waals surface area contributed by atoms with Crippen LogP contribution in [0.5, 0.6) is 5.75 Å². The molecule has 0 spiro atoms. The van der Waals surface area contributed by atoms with Gasteiger partial charge in [-0.15, -0.1) is 11.8 Å². The summed E-state index contributed by atoms with van der Waals surface area (Å²) in [5, 5.41) is 2.71. The Labute approximate surface area is 270 Å². The van der Waals surface area contributed by atoms with Gasteiger partial charge >= 0.3 is 0 Å². The van der Waals surface area contributed by atoms with E-state index in [0.29, 0.717) is 18.0 Å². The average Bonchev–Trinajstić information content (AvgIpc) is 3.06. The minimum atomic E-state index is -4.19. The molecule has 0 fully saturated rings. The Morgan fingerprint density at radius 2 is 1.53 bits per heavy atom. The van der Waals surface area contributed by atoms with Gasteiger partial charge in [0.15, 0.2) is 0 Å². The van der Waals surface area contributed by atoms with Crippen molar-refractivity contribution in [1.82, 2.24) is 10.2 Å². The number of ether oxygens (including phenoxy) is 1. The molecule has 0 saturated heterocycles. The van der Waals surface area contributed by atoms with E-state index in [0.717, 1.165) is 25.9 Å². The van der Waals surface area contributed by atoms with Gasteiger partial charge in [-0.05, 0) is 85.3 Å². The largest absolute Gasteiger partial charge is 0.494 e. The number of aryl methyl sites for hydroxylation is 1. The van der Waals surface area contributed by atoms with Gasteiger partial charge in [-0.2, -0.15) is 0 Å². The number of rotatable bonds is 14.